The van der Waals surface area contributed by atoms with Crippen molar-refractivity contribution in [2.75, 3.05) is 6.54 Å². The van der Waals surface area contributed by atoms with Crippen LogP contribution in [-0.4, -0.2) is 12.6 Å². The Hall–Kier alpha value is -0.300. The van der Waals surface area contributed by atoms with Crippen LogP contribution in [0.2, 0.25) is 0 Å². The quantitative estimate of drug-likeness (QED) is 0.627. The van der Waals surface area contributed by atoms with Crippen molar-refractivity contribution in [1.29, 1.82) is 0 Å². The molecule has 0 bridgehead atoms. The summed E-state index contributed by atoms with van der Waals surface area (Å²) in [6.07, 6.45) is 13.0. The molecule has 1 atom stereocenters. The Labute approximate surface area is 95.3 Å². The summed E-state index contributed by atoms with van der Waals surface area (Å²) in [4.78, 5) is 0. The standard InChI is InChI=1S/C14H27N/c1-3-5-11-14(15-12-4-2)13-9-7-6-8-10-13/h3,13-15H,1,4-12H2,2H3. The molecule has 1 rings (SSSR count). The summed E-state index contributed by atoms with van der Waals surface area (Å²) >= 11 is 0. The first-order chi connectivity index (χ1) is 7.38. The lowest BCUT2D eigenvalue weighted by atomic mass is 9.82. The van der Waals surface area contributed by atoms with Crippen molar-refractivity contribution >= 4 is 0 Å². The lowest BCUT2D eigenvalue weighted by molar-refractivity contribution is 0.259. The lowest BCUT2D eigenvalue weighted by Gasteiger charge is -2.31. The highest BCUT2D eigenvalue weighted by atomic mass is 14.9. The normalized spacial score (nSPS) is 20.1. The molecule has 0 radical (unpaired) electrons. The van der Waals surface area contributed by atoms with E-state index < -0.39 is 0 Å². The lowest BCUT2D eigenvalue weighted by Crippen LogP contribution is -2.37. The van der Waals surface area contributed by atoms with Gasteiger partial charge in [0.15, 0.2) is 0 Å². The monoisotopic (exact) mass is 209 g/mol. The molecule has 0 spiro atoms. The van der Waals surface area contributed by atoms with Crippen molar-refractivity contribution in [2.45, 2.75) is 64.3 Å². The minimum Gasteiger partial charge on any atom is -0.314 e. The van der Waals surface area contributed by atoms with E-state index in [9.17, 15) is 0 Å². The number of rotatable bonds is 7. The van der Waals surface area contributed by atoms with E-state index >= 15 is 0 Å². The van der Waals surface area contributed by atoms with Crippen molar-refractivity contribution in [1.82, 2.24) is 5.32 Å². The van der Waals surface area contributed by atoms with Crippen molar-refractivity contribution in [3.8, 4) is 0 Å². The first-order valence-corrected chi connectivity index (χ1v) is 6.72. The average Bonchev–Trinajstić information content (AvgIpc) is 2.30. The van der Waals surface area contributed by atoms with Gasteiger partial charge in [-0.05, 0) is 44.6 Å². The Morgan fingerprint density at radius 1 is 1.33 bits per heavy atom. The van der Waals surface area contributed by atoms with Gasteiger partial charge in [-0.2, -0.15) is 0 Å². The molecule has 1 aliphatic carbocycles. The summed E-state index contributed by atoms with van der Waals surface area (Å²) in [5, 5.41) is 3.73. The molecule has 0 aliphatic heterocycles. The summed E-state index contributed by atoms with van der Waals surface area (Å²) in [5.74, 6) is 0.935. The number of hydrogen-bond donors (Lipinski definition) is 1. The second kappa shape index (κ2) is 7.92. The molecule has 1 nitrogen and oxygen atoms in total. The maximum atomic E-state index is 3.83. The molecule has 15 heavy (non-hydrogen) atoms. The average molecular weight is 209 g/mol. The molecule has 0 aromatic rings. The van der Waals surface area contributed by atoms with Crippen molar-refractivity contribution < 1.29 is 0 Å². The maximum absolute atomic E-state index is 3.83. The molecular weight excluding hydrogens is 182 g/mol. The maximum Gasteiger partial charge on any atom is 0.00982 e. The molecule has 1 aliphatic rings. The van der Waals surface area contributed by atoms with Gasteiger partial charge in [0.2, 0.25) is 0 Å². The van der Waals surface area contributed by atoms with Crippen LogP contribution in [-0.2, 0) is 0 Å². The molecule has 0 amide bonds. The highest BCUT2D eigenvalue weighted by Crippen LogP contribution is 2.28. The van der Waals surface area contributed by atoms with Gasteiger partial charge in [0.05, 0.1) is 0 Å². The summed E-state index contributed by atoms with van der Waals surface area (Å²) in [7, 11) is 0. The molecule has 1 heteroatoms. The smallest absolute Gasteiger partial charge is 0.00982 e. The minimum absolute atomic E-state index is 0.753. The highest BCUT2D eigenvalue weighted by Gasteiger charge is 2.22. The van der Waals surface area contributed by atoms with Gasteiger partial charge in [-0.3, -0.25) is 0 Å². The molecule has 0 aromatic heterocycles. The second-order valence-corrected chi connectivity index (χ2v) is 4.82. The fraction of sp³-hybridized carbons (Fsp3) is 0.857. The van der Waals surface area contributed by atoms with Crippen LogP contribution in [0.1, 0.15) is 58.3 Å². The van der Waals surface area contributed by atoms with E-state index in [0.29, 0.717) is 0 Å². The fourth-order valence-corrected chi connectivity index (χ4v) is 2.67. The summed E-state index contributed by atoms with van der Waals surface area (Å²) in [5.41, 5.74) is 0. The molecular formula is C14H27N. The number of hydrogen-bond acceptors (Lipinski definition) is 1. The zero-order chi connectivity index (χ0) is 10.9. The molecule has 1 saturated carbocycles. The van der Waals surface area contributed by atoms with Gasteiger partial charge in [0.1, 0.15) is 0 Å². The molecule has 88 valence electrons. The van der Waals surface area contributed by atoms with Gasteiger partial charge in [0.25, 0.3) is 0 Å². The van der Waals surface area contributed by atoms with Crippen LogP contribution >= 0.6 is 0 Å². The molecule has 1 N–H and O–H groups in total. The largest absolute Gasteiger partial charge is 0.314 e. The predicted molar refractivity (Wildman–Crippen MR) is 68.1 cm³/mol. The Morgan fingerprint density at radius 3 is 2.67 bits per heavy atom. The summed E-state index contributed by atoms with van der Waals surface area (Å²) in [6, 6.07) is 0.753. The molecule has 1 fully saturated rings. The fourth-order valence-electron chi connectivity index (χ4n) is 2.67. The SMILES string of the molecule is C=CCCC(NCCC)C1CCCCC1. The van der Waals surface area contributed by atoms with Crippen LogP contribution in [0.15, 0.2) is 12.7 Å². The third-order valence-electron chi connectivity index (χ3n) is 3.56. The summed E-state index contributed by atoms with van der Waals surface area (Å²) < 4.78 is 0. The van der Waals surface area contributed by atoms with Gasteiger partial charge in [-0.25, -0.2) is 0 Å². The first-order valence-electron chi connectivity index (χ1n) is 6.72. The van der Waals surface area contributed by atoms with Gasteiger partial charge < -0.3 is 5.32 Å². The molecule has 0 heterocycles. The number of nitrogens with one attached hydrogen (secondary N) is 1. The van der Waals surface area contributed by atoms with Crippen LogP contribution in [0.5, 0.6) is 0 Å². The molecule has 0 saturated heterocycles. The van der Waals surface area contributed by atoms with E-state index in [1.165, 1.54) is 51.5 Å². The van der Waals surface area contributed by atoms with Crippen LogP contribution < -0.4 is 5.32 Å². The van der Waals surface area contributed by atoms with Crippen LogP contribution in [0.3, 0.4) is 0 Å². The first kappa shape index (κ1) is 12.8. The van der Waals surface area contributed by atoms with Gasteiger partial charge >= 0.3 is 0 Å². The van der Waals surface area contributed by atoms with Crippen LogP contribution in [0, 0.1) is 5.92 Å². The Morgan fingerprint density at radius 2 is 2.07 bits per heavy atom. The van der Waals surface area contributed by atoms with E-state index in [0.717, 1.165) is 18.4 Å². The van der Waals surface area contributed by atoms with E-state index in [2.05, 4.69) is 24.9 Å². The Kier molecular flexibility index (Phi) is 6.74. The van der Waals surface area contributed by atoms with E-state index in [4.69, 9.17) is 0 Å². The third-order valence-corrected chi connectivity index (χ3v) is 3.56. The van der Waals surface area contributed by atoms with Crippen molar-refractivity contribution in [2.24, 2.45) is 5.92 Å². The Bertz CT molecular complexity index is 159. The minimum atomic E-state index is 0.753. The predicted octanol–water partition coefficient (Wildman–Crippen LogP) is 3.90. The van der Waals surface area contributed by atoms with Gasteiger partial charge in [-0.15, -0.1) is 6.58 Å². The van der Waals surface area contributed by atoms with Crippen LogP contribution in [0.25, 0.3) is 0 Å². The van der Waals surface area contributed by atoms with Crippen molar-refractivity contribution in [3.63, 3.8) is 0 Å². The summed E-state index contributed by atoms with van der Waals surface area (Å²) in [6.45, 7) is 7.26. The van der Waals surface area contributed by atoms with Crippen molar-refractivity contribution in [3.05, 3.63) is 12.7 Å². The number of allylic oxidation sites excluding steroid dienone is 1. The Balaban J connectivity index is 2.33. The third kappa shape index (κ3) is 4.83. The van der Waals surface area contributed by atoms with Crippen LogP contribution in [0.4, 0.5) is 0 Å². The topological polar surface area (TPSA) is 12.0 Å². The molecule has 1 unspecified atom stereocenters. The highest BCUT2D eigenvalue weighted by molar-refractivity contribution is 4.81. The second-order valence-electron chi connectivity index (χ2n) is 4.82. The van der Waals surface area contributed by atoms with Gasteiger partial charge in [-0.1, -0.05) is 32.3 Å². The van der Waals surface area contributed by atoms with Gasteiger partial charge in [0, 0.05) is 6.04 Å². The zero-order valence-electron chi connectivity index (χ0n) is 10.3. The van der Waals surface area contributed by atoms with E-state index in [-0.39, 0.29) is 0 Å². The zero-order valence-corrected chi connectivity index (χ0v) is 10.3. The van der Waals surface area contributed by atoms with E-state index in [1.54, 1.807) is 0 Å². The molecule has 0 aromatic carbocycles. The van der Waals surface area contributed by atoms with E-state index in [1.807, 2.05) is 0 Å².